The lowest BCUT2D eigenvalue weighted by molar-refractivity contribution is -0.909. The van der Waals surface area contributed by atoms with Crippen molar-refractivity contribution in [2.75, 3.05) is 5.32 Å². The number of nitrogens with zero attached hydrogens (tertiary/aromatic N) is 1. The van der Waals surface area contributed by atoms with E-state index in [0.717, 1.165) is 30.5 Å². The summed E-state index contributed by atoms with van der Waals surface area (Å²) >= 11 is 5.78. The fourth-order valence-electron chi connectivity index (χ4n) is 3.73. The Kier molecular flexibility index (Phi) is 8.54. The highest BCUT2D eigenvalue weighted by molar-refractivity contribution is 6.31. The highest BCUT2D eigenvalue weighted by Gasteiger charge is 2.32. The zero-order valence-corrected chi connectivity index (χ0v) is 20.2. The number of amides is 1. The van der Waals surface area contributed by atoms with Crippen LogP contribution in [0.5, 0.6) is 0 Å². The van der Waals surface area contributed by atoms with Crippen LogP contribution in [0, 0.1) is 11.6 Å². The lowest BCUT2D eigenvalue weighted by Crippen LogP contribution is -2.39. The van der Waals surface area contributed by atoms with Crippen LogP contribution in [0.25, 0.3) is 11.1 Å². The predicted molar refractivity (Wildman–Crippen MR) is 128 cm³/mol. The number of aromatic carboxylic acids is 1. The maximum Gasteiger partial charge on any atom is 0.338 e. The smallest absolute Gasteiger partial charge is 0.338 e. The van der Waals surface area contributed by atoms with Gasteiger partial charge in [-0.05, 0) is 43.2 Å². The molecule has 6 nitrogen and oxygen atoms in total. The number of aromatic nitrogens is 1. The van der Waals surface area contributed by atoms with E-state index in [1.54, 1.807) is 6.92 Å². The first kappa shape index (κ1) is 27.7. The monoisotopic (exact) mass is 537 g/mol. The summed E-state index contributed by atoms with van der Waals surface area (Å²) in [5, 5.41) is 21.8. The highest BCUT2D eigenvalue weighted by Crippen LogP contribution is 2.36. The van der Waals surface area contributed by atoms with Crippen LogP contribution in [0.3, 0.4) is 0 Å². The number of pyridine rings is 1. The van der Waals surface area contributed by atoms with Crippen molar-refractivity contribution in [1.82, 2.24) is 0 Å². The zero-order valence-electron chi connectivity index (χ0n) is 19.4. The van der Waals surface area contributed by atoms with Gasteiger partial charge in [-0.1, -0.05) is 36.7 Å². The molecule has 0 spiro atoms. The number of allylic oxidation sites excluding steroid dienone is 1. The molecule has 1 atom stereocenters. The van der Waals surface area contributed by atoms with Gasteiger partial charge in [-0.15, -0.1) is 0 Å². The number of alkyl halides is 2. The second-order valence-corrected chi connectivity index (χ2v) is 8.57. The Morgan fingerprint density at radius 2 is 1.84 bits per heavy atom. The Morgan fingerprint density at radius 3 is 2.41 bits per heavy atom. The average molecular weight is 538 g/mol. The fourth-order valence-corrected chi connectivity index (χ4v) is 3.88. The van der Waals surface area contributed by atoms with Gasteiger partial charge in [-0.25, -0.2) is 22.4 Å². The van der Waals surface area contributed by atoms with E-state index in [1.165, 1.54) is 18.2 Å². The lowest BCUT2D eigenvalue weighted by Gasteiger charge is -2.16. The predicted octanol–water partition coefficient (Wildman–Crippen LogP) is 6.52. The van der Waals surface area contributed by atoms with Gasteiger partial charge >= 0.3 is 5.97 Å². The van der Waals surface area contributed by atoms with Crippen LogP contribution < -0.4 is 10.0 Å². The van der Waals surface area contributed by atoms with Crippen LogP contribution in [-0.4, -0.2) is 22.2 Å². The van der Waals surface area contributed by atoms with E-state index in [1.807, 2.05) is 0 Å². The molecule has 3 rings (SSSR count). The molecule has 0 aliphatic carbocycles. The largest absolute Gasteiger partial charge is 0.478 e. The van der Waals surface area contributed by atoms with E-state index in [-0.39, 0.29) is 28.4 Å². The molecule has 3 N–H and O–H groups in total. The van der Waals surface area contributed by atoms with Gasteiger partial charge in [0.2, 0.25) is 17.8 Å². The van der Waals surface area contributed by atoms with Gasteiger partial charge in [-0.3, -0.25) is 10.0 Å². The van der Waals surface area contributed by atoms with Crippen LogP contribution in [0.2, 0.25) is 5.02 Å². The number of carbonyl (C=O) groups is 2. The second kappa shape index (κ2) is 11.4. The second-order valence-electron chi connectivity index (χ2n) is 8.16. The minimum atomic E-state index is -3.02. The van der Waals surface area contributed by atoms with Gasteiger partial charge in [0.1, 0.15) is 17.6 Å². The first-order valence-electron chi connectivity index (χ1n) is 11.0. The molecule has 0 radical (unpaired) electrons. The first-order chi connectivity index (χ1) is 17.4. The molecular formula is C26H22ClF4N2O4+. The molecule has 1 amide bonds. The molecule has 1 unspecified atom stereocenters. The third-order valence-corrected chi connectivity index (χ3v) is 6.04. The summed E-state index contributed by atoms with van der Waals surface area (Å²) in [7, 11) is 0. The number of halogens is 5. The van der Waals surface area contributed by atoms with Crippen molar-refractivity contribution >= 4 is 29.2 Å². The van der Waals surface area contributed by atoms with Crippen LogP contribution in [0.1, 0.15) is 53.7 Å². The summed E-state index contributed by atoms with van der Waals surface area (Å²) in [6.07, 6.45) is -1.48. The summed E-state index contributed by atoms with van der Waals surface area (Å²) in [6.45, 7) is 5.68. The average Bonchev–Trinajstić information content (AvgIpc) is 2.83. The van der Waals surface area contributed by atoms with E-state index in [9.17, 15) is 32.4 Å². The Morgan fingerprint density at radius 1 is 1.14 bits per heavy atom. The molecule has 194 valence electrons. The minimum absolute atomic E-state index is 0.0134. The summed E-state index contributed by atoms with van der Waals surface area (Å²) in [4.78, 5) is 24.2. The van der Waals surface area contributed by atoms with E-state index < -0.39 is 52.5 Å². The first-order valence-corrected chi connectivity index (χ1v) is 11.3. The van der Waals surface area contributed by atoms with Crippen molar-refractivity contribution in [1.29, 1.82) is 0 Å². The molecular weight excluding hydrogens is 516 g/mol. The Bertz CT molecular complexity index is 1380. The van der Waals surface area contributed by atoms with Crippen LogP contribution in [0.4, 0.5) is 23.2 Å². The molecule has 2 aromatic carbocycles. The van der Waals surface area contributed by atoms with E-state index in [0.29, 0.717) is 16.7 Å². The maximum absolute atomic E-state index is 14.7. The SMILES string of the molecule is C=C(CC)CC(C(=O)Nc1ccc(C(=O)O)c(F)c1)c1ccc(-c2c(C(F)F)ccc(Cl)c2F)c[n+]1O. The molecule has 37 heavy (non-hydrogen) atoms. The minimum Gasteiger partial charge on any atom is -0.478 e. The van der Waals surface area contributed by atoms with E-state index in [4.69, 9.17) is 16.7 Å². The molecule has 1 heterocycles. The molecule has 0 bridgehead atoms. The lowest BCUT2D eigenvalue weighted by atomic mass is 9.92. The molecule has 11 heteroatoms. The third kappa shape index (κ3) is 6.08. The third-order valence-electron chi connectivity index (χ3n) is 5.74. The molecule has 1 aromatic heterocycles. The van der Waals surface area contributed by atoms with Gasteiger partial charge in [0, 0.05) is 27.6 Å². The molecule has 3 aromatic rings. The van der Waals surface area contributed by atoms with Gasteiger partial charge in [-0.2, -0.15) is 0 Å². The summed E-state index contributed by atoms with van der Waals surface area (Å²) < 4.78 is 56.3. The standard InChI is InChI=1S/C26H21ClF4N2O4/c1-3-13(2)10-18(25(34)32-15-5-6-16(26(35)36)20(28)11-15)21-9-4-14(12-33(21)37)22-17(24(30)31)7-8-19(27)23(22)29/h4-9,11-12,18,24H,2-3,10H2,1H3,(H2-,32,34,35,36,37)/p+1. The van der Waals surface area contributed by atoms with Crippen molar-refractivity contribution < 1.29 is 42.2 Å². The normalized spacial score (nSPS) is 11.9. The van der Waals surface area contributed by atoms with Crippen molar-refractivity contribution in [3.05, 3.63) is 94.3 Å². The molecule has 0 fully saturated rings. The molecule has 0 aliphatic heterocycles. The fraction of sp³-hybridized carbons (Fsp3) is 0.192. The number of nitrogens with one attached hydrogen (secondary N) is 1. The number of benzene rings is 2. The van der Waals surface area contributed by atoms with Crippen LogP contribution in [0.15, 0.2) is 60.8 Å². The van der Waals surface area contributed by atoms with Crippen LogP contribution >= 0.6 is 11.6 Å². The Balaban J connectivity index is 2.01. The van der Waals surface area contributed by atoms with Crippen molar-refractivity contribution in [3.8, 4) is 11.1 Å². The van der Waals surface area contributed by atoms with Crippen LogP contribution in [-0.2, 0) is 4.79 Å². The Hall–Kier alpha value is -3.92. The van der Waals surface area contributed by atoms with Gasteiger partial charge < -0.3 is 10.4 Å². The van der Waals surface area contributed by atoms with E-state index >= 15 is 0 Å². The summed E-state index contributed by atoms with van der Waals surface area (Å²) in [5.41, 5.74) is -1.18. The van der Waals surface area contributed by atoms with E-state index in [2.05, 4.69) is 11.9 Å². The van der Waals surface area contributed by atoms with Gasteiger partial charge in [0.15, 0.2) is 0 Å². The maximum atomic E-state index is 14.7. The molecule has 0 saturated heterocycles. The number of hydrogen-bond acceptors (Lipinski definition) is 3. The number of rotatable bonds is 9. The van der Waals surface area contributed by atoms with Gasteiger partial charge in [0.05, 0.1) is 16.1 Å². The number of carboxylic acids is 1. The number of carbonyl (C=O) groups excluding carboxylic acids is 1. The van der Waals surface area contributed by atoms with Gasteiger partial charge in [0.25, 0.3) is 6.43 Å². The summed E-state index contributed by atoms with van der Waals surface area (Å²) in [6, 6.07) is 7.57. The topological polar surface area (TPSA) is 90.5 Å². The number of anilines is 1. The quantitative estimate of drug-likeness (QED) is 0.125. The Labute approximate surface area is 214 Å². The number of carboxylic acid groups (broad SMARTS) is 1. The molecule has 0 aliphatic rings. The highest BCUT2D eigenvalue weighted by atomic mass is 35.5. The molecule has 0 saturated carbocycles. The summed E-state index contributed by atoms with van der Waals surface area (Å²) in [5.74, 6) is -5.38. The number of hydrogen-bond donors (Lipinski definition) is 3. The zero-order chi connectivity index (χ0) is 27.4. The van der Waals surface area contributed by atoms with Crippen molar-refractivity contribution in [2.45, 2.75) is 32.1 Å². The van der Waals surface area contributed by atoms with Crippen molar-refractivity contribution in [2.24, 2.45) is 0 Å². The van der Waals surface area contributed by atoms with Crippen molar-refractivity contribution in [3.63, 3.8) is 0 Å².